The number of carbonyl (C=O) groups excluding carboxylic acids is 3. The molecule has 0 unspecified atom stereocenters. The summed E-state index contributed by atoms with van der Waals surface area (Å²) in [5.74, 6) is 0.803. The van der Waals surface area contributed by atoms with Crippen molar-refractivity contribution >= 4 is 29.4 Å². The number of hydrogen-bond donors (Lipinski definition) is 0. The number of halogens is 2. The van der Waals surface area contributed by atoms with E-state index in [2.05, 4.69) is 19.6 Å². The molecule has 6 heterocycles. The van der Waals surface area contributed by atoms with E-state index in [1.807, 2.05) is 36.6 Å². The molecule has 53 heavy (non-hydrogen) atoms. The minimum atomic E-state index is -2.67. The lowest BCUT2D eigenvalue weighted by Crippen LogP contribution is -2.53. The van der Waals surface area contributed by atoms with Gasteiger partial charge in [0.05, 0.1) is 25.3 Å². The first-order chi connectivity index (χ1) is 25.3. The molecular weight excluding hydrogens is 684 g/mol. The van der Waals surface area contributed by atoms with Crippen LogP contribution in [-0.4, -0.2) is 122 Å². The molecule has 286 valence electrons. The summed E-state index contributed by atoms with van der Waals surface area (Å²) in [7, 11) is 1.77. The van der Waals surface area contributed by atoms with E-state index < -0.39 is 12.0 Å². The van der Waals surface area contributed by atoms with Crippen molar-refractivity contribution in [1.29, 1.82) is 0 Å². The number of amides is 3. The number of alkyl halides is 2. The molecular formula is C38H51F2N9O4. The smallest absolute Gasteiger partial charge is 0.410 e. The number of aromatic nitrogens is 4. The molecule has 2 saturated heterocycles. The number of carbonyl (C=O) groups is 3. The summed E-state index contributed by atoms with van der Waals surface area (Å²) in [6.07, 6.45) is 4.12. The molecule has 0 atom stereocenters. The molecule has 0 spiro atoms. The second-order valence-electron chi connectivity index (χ2n) is 15.8. The second kappa shape index (κ2) is 14.7. The van der Waals surface area contributed by atoms with Crippen molar-refractivity contribution in [3.05, 3.63) is 46.9 Å². The van der Waals surface area contributed by atoms with E-state index in [1.54, 1.807) is 42.0 Å². The zero-order valence-electron chi connectivity index (χ0n) is 31.5. The molecule has 4 aliphatic heterocycles. The summed E-state index contributed by atoms with van der Waals surface area (Å²) in [5.41, 5.74) is 4.34. The predicted molar refractivity (Wildman–Crippen MR) is 195 cm³/mol. The molecule has 15 heteroatoms. The van der Waals surface area contributed by atoms with Crippen LogP contribution in [0.25, 0.3) is 11.1 Å². The third-order valence-corrected chi connectivity index (χ3v) is 10.9. The molecule has 0 radical (unpaired) electrons. The van der Waals surface area contributed by atoms with Crippen LogP contribution in [0, 0.1) is 0 Å². The second-order valence-corrected chi connectivity index (χ2v) is 15.8. The van der Waals surface area contributed by atoms with E-state index in [0.29, 0.717) is 83.0 Å². The number of likely N-dealkylation sites (tertiary alicyclic amines) is 1. The molecule has 2 aromatic heterocycles. The molecule has 4 aliphatic rings. The van der Waals surface area contributed by atoms with Crippen LogP contribution in [0.1, 0.15) is 81.8 Å². The SMILES string of the molecule is CC(=O)N1CCc2c(c(N3CCCc4cc(-c5cnn(C)c5)c(C(F)F)cc43)nn2C2CCN(C(=O)CN3CCN(C(=O)OC(C)(C)C)CC3)CC2)C1. The van der Waals surface area contributed by atoms with Gasteiger partial charge >= 0.3 is 6.09 Å². The predicted octanol–water partition coefficient (Wildman–Crippen LogP) is 4.93. The van der Waals surface area contributed by atoms with Crippen molar-refractivity contribution in [2.75, 3.05) is 63.8 Å². The highest BCUT2D eigenvalue weighted by Crippen LogP contribution is 2.43. The summed E-state index contributed by atoms with van der Waals surface area (Å²) < 4.78 is 38.5. The lowest BCUT2D eigenvalue weighted by Gasteiger charge is -2.37. The van der Waals surface area contributed by atoms with E-state index in [0.717, 1.165) is 54.0 Å². The van der Waals surface area contributed by atoms with Crippen molar-refractivity contribution in [3.8, 4) is 11.1 Å². The van der Waals surface area contributed by atoms with Gasteiger partial charge in [0.2, 0.25) is 11.8 Å². The molecule has 3 amide bonds. The molecule has 0 N–H and O–H groups in total. The minimum absolute atomic E-state index is 0.00688. The van der Waals surface area contributed by atoms with E-state index >= 15 is 0 Å². The number of piperidine rings is 1. The number of aryl methyl sites for hydroxylation is 2. The highest BCUT2D eigenvalue weighted by molar-refractivity contribution is 5.79. The van der Waals surface area contributed by atoms with Crippen LogP contribution in [0.3, 0.4) is 0 Å². The van der Waals surface area contributed by atoms with Gasteiger partial charge in [-0.3, -0.25) is 23.9 Å². The molecule has 0 bridgehead atoms. The van der Waals surface area contributed by atoms with E-state index in [9.17, 15) is 23.2 Å². The Morgan fingerprint density at radius 2 is 1.68 bits per heavy atom. The lowest BCUT2D eigenvalue weighted by molar-refractivity contribution is -0.134. The zero-order valence-corrected chi connectivity index (χ0v) is 31.5. The van der Waals surface area contributed by atoms with Gasteiger partial charge in [-0.05, 0) is 69.7 Å². The van der Waals surface area contributed by atoms with Crippen molar-refractivity contribution in [3.63, 3.8) is 0 Å². The molecule has 0 saturated carbocycles. The fraction of sp³-hybridized carbons (Fsp3) is 0.605. The first kappa shape index (κ1) is 36.8. The molecule has 7 rings (SSSR count). The van der Waals surface area contributed by atoms with Crippen molar-refractivity contribution in [2.24, 2.45) is 7.05 Å². The number of piperazine rings is 1. The van der Waals surface area contributed by atoms with E-state index in [-0.39, 0.29) is 29.5 Å². The van der Waals surface area contributed by atoms with Gasteiger partial charge < -0.3 is 24.3 Å². The first-order valence-electron chi connectivity index (χ1n) is 18.8. The molecule has 13 nitrogen and oxygen atoms in total. The van der Waals surface area contributed by atoms with Gasteiger partial charge in [0, 0.05) is 107 Å². The number of anilines is 2. The molecule has 0 aliphatic carbocycles. The third kappa shape index (κ3) is 7.76. The minimum Gasteiger partial charge on any atom is -0.444 e. The Bertz CT molecular complexity index is 1850. The van der Waals surface area contributed by atoms with Crippen LogP contribution in [0.4, 0.5) is 25.1 Å². The number of benzene rings is 1. The summed E-state index contributed by atoms with van der Waals surface area (Å²) in [4.78, 5) is 48.1. The van der Waals surface area contributed by atoms with Gasteiger partial charge in [-0.25, -0.2) is 13.6 Å². The third-order valence-electron chi connectivity index (χ3n) is 10.9. The number of ether oxygens (including phenoxy) is 1. The van der Waals surface area contributed by atoms with Crippen LogP contribution in [-0.2, 0) is 40.8 Å². The Morgan fingerprint density at radius 1 is 0.943 bits per heavy atom. The summed E-state index contributed by atoms with van der Waals surface area (Å²) in [6, 6.07) is 3.58. The van der Waals surface area contributed by atoms with Crippen LogP contribution in [0.2, 0.25) is 0 Å². The van der Waals surface area contributed by atoms with Gasteiger partial charge in [0.1, 0.15) is 5.60 Å². The van der Waals surface area contributed by atoms with Crippen LogP contribution < -0.4 is 4.90 Å². The highest BCUT2D eigenvalue weighted by atomic mass is 19.3. The summed E-state index contributed by atoms with van der Waals surface area (Å²) in [6.45, 7) is 12.6. The van der Waals surface area contributed by atoms with Gasteiger partial charge in [0.25, 0.3) is 6.43 Å². The maximum atomic E-state index is 14.6. The Kier molecular flexibility index (Phi) is 10.2. The topological polar surface area (TPSA) is 112 Å². The molecule has 1 aromatic carbocycles. The largest absolute Gasteiger partial charge is 0.444 e. The standard InChI is InChI=1S/C38H51F2N9O4/c1-25(50)47-14-10-32-31(23-47)36(48-11-6-7-26-19-29(27-21-41-43(5)22-27)30(35(39)40)20-33(26)48)42-49(32)28-8-12-45(13-9-28)34(51)24-44-15-17-46(18-16-44)37(52)53-38(2,3)4/h19-22,28,35H,6-18,23-24H2,1-5H3. The number of rotatable bonds is 6. The quantitative estimate of drug-likeness (QED) is 0.351. The maximum absolute atomic E-state index is 14.6. The number of nitrogens with zero attached hydrogens (tertiary/aromatic N) is 9. The van der Waals surface area contributed by atoms with E-state index in [4.69, 9.17) is 9.84 Å². The number of fused-ring (bicyclic) bond motifs is 2. The number of hydrogen-bond acceptors (Lipinski definition) is 8. The summed E-state index contributed by atoms with van der Waals surface area (Å²) in [5, 5.41) is 9.47. The molecule has 3 aromatic rings. The Balaban J connectivity index is 1.08. The Morgan fingerprint density at radius 3 is 2.32 bits per heavy atom. The highest BCUT2D eigenvalue weighted by Gasteiger charge is 2.36. The van der Waals surface area contributed by atoms with Gasteiger partial charge in [-0.15, -0.1) is 0 Å². The summed E-state index contributed by atoms with van der Waals surface area (Å²) >= 11 is 0. The van der Waals surface area contributed by atoms with Gasteiger partial charge in [-0.2, -0.15) is 10.2 Å². The van der Waals surface area contributed by atoms with Crippen LogP contribution in [0.15, 0.2) is 24.5 Å². The lowest BCUT2D eigenvalue weighted by atomic mass is 9.92. The Labute approximate surface area is 309 Å². The van der Waals surface area contributed by atoms with Crippen LogP contribution >= 0.6 is 0 Å². The normalized spacial score (nSPS) is 18.7. The van der Waals surface area contributed by atoms with Crippen molar-refractivity contribution in [1.82, 2.24) is 39.2 Å². The van der Waals surface area contributed by atoms with Gasteiger partial charge in [0.15, 0.2) is 5.82 Å². The van der Waals surface area contributed by atoms with Gasteiger partial charge in [-0.1, -0.05) is 0 Å². The molecule has 2 fully saturated rings. The first-order valence-corrected chi connectivity index (χ1v) is 18.8. The van der Waals surface area contributed by atoms with Crippen molar-refractivity contribution < 1.29 is 27.9 Å². The Hall–Kier alpha value is -4.53. The maximum Gasteiger partial charge on any atom is 0.410 e. The average Bonchev–Trinajstić information content (AvgIpc) is 3.73. The average molecular weight is 736 g/mol. The van der Waals surface area contributed by atoms with E-state index in [1.165, 1.54) is 0 Å². The fourth-order valence-corrected chi connectivity index (χ4v) is 8.14. The van der Waals surface area contributed by atoms with Crippen molar-refractivity contribution in [2.45, 2.75) is 84.4 Å². The zero-order chi connectivity index (χ0) is 37.6. The van der Waals surface area contributed by atoms with Crippen LogP contribution in [0.5, 0.6) is 0 Å². The monoisotopic (exact) mass is 735 g/mol. The fourth-order valence-electron chi connectivity index (χ4n) is 8.14.